The van der Waals surface area contributed by atoms with E-state index in [1.807, 2.05) is 0 Å². The van der Waals surface area contributed by atoms with Crippen molar-refractivity contribution in [1.82, 2.24) is 9.88 Å². The Balaban J connectivity index is 2.11. The molecule has 1 aromatic carbocycles. The summed E-state index contributed by atoms with van der Waals surface area (Å²) in [5.74, 6) is -0.160. The zero-order chi connectivity index (χ0) is 14.7. The molecule has 2 N–H and O–H groups in total. The third-order valence-corrected chi connectivity index (χ3v) is 4.17. The van der Waals surface area contributed by atoms with Gasteiger partial charge in [-0.25, -0.2) is 4.98 Å². The number of thiazole rings is 1. The molecule has 2 rings (SSSR count). The van der Waals surface area contributed by atoms with E-state index in [9.17, 15) is 4.79 Å². The van der Waals surface area contributed by atoms with E-state index < -0.39 is 0 Å². The molecule has 0 fully saturated rings. The number of carbonyl (C=O) groups is 1. The normalized spacial score (nSPS) is 10.6. The highest BCUT2D eigenvalue weighted by atomic mass is 35.5. The predicted octanol–water partition coefficient (Wildman–Crippen LogP) is 3.18. The number of hydrogen-bond donors (Lipinski definition) is 1. The van der Waals surface area contributed by atoms with Gasteiger partial charge in [-0.2, -0.15) is 0 Å². The van der Waals surface area contributed by atoms with Gasteiger partial charge >= 0.3 is 0 Å². The summed E-state index contributed by atoms with van der Waals surface area (Å²) in [7, 11) is 1.70. The van der Waals surface area contributed by atoms with Gasteiger partial charge in [0.05, 0.1) is 0 Å². The van der Waals surface area contributed by atoms with E-state index >= 15 is 0 Å². The number of hydrogen-bond acceptors (Lipinski definition) is 4. The second-order valence-corrected chi connectivity index (χ2v) is 6.01. The molecule has 7 heteroatoms. The van der Waals surface area contributed by atoms with E-state index in [2.05, 4.69) is 4.98 Å². The maximum Gasteiger partial charge on any atom is 0.273 e. The first-order chi connectivity index (χ1) is 9.51. The molecular weight excluding hydrogens is 317 g/mol. The molecule has 1 heterocycles. The molecular formula is C13H13Cl2N3OS. The maximum atomic E-state index is 12.2. The van der Waals surface area contributed by atoms with Crippen molar-refractivity contribution in [2.75, 3.05) is 7.05 Å². The van der Waals surface area contributed by atoms with Crippen LogP contribution in [0.1, 0.15) is 21.1 Å². The summed E-state index contributed by atoms with van der Waals surface area (Å²) in [5.41, 5.74) is 6.73. The smallest absolute Gasteiger partial charge is 0.273 e. The van der Waals surface area contributed by atoms with Gasteiger partial charge in [-0.1, -0.05) is 29.3 Å². The minimum atomic E-state index is -0.160. The van der Waals surface area contributed by atoms with E-state index in [-0.39, 0.29) is 5.91 Å². The third kappa shape index (κ3) is 3.49. The lowest BCUT2D eigenvalue weighted by Gasteiger charge is -2.17. The second-order valence-electron chi connectivity index (χ2n) is 4.23. The summed E-state index contributed by atoms with van der Waals surface area (Å²) in [5, 5.41) is 3.56. The third-order valence-electron chi connectivity index (χ3n) is 2.71. The number of nitrogens with zero attached hydrogens (tertiary/aromatic N) is 2. The Bertz CT molecular complexity index is 630. The van der Waals surface area contributed by atoms with Gasteiger partial charge in [0.15, 0.2) is 0 Å². The van der Waals surface area contributed by atoms with Gasteiger partial charge in [0.1, 0.15) is 10.7 Å². The number of aromatic nitrogens is 1. The van der Waals surface area contributed by atoms with Gasteiger partial charge in [-0.05, 0) is 17.7 Å². The van der Waals surface area contributed by atoms with E-state index in [1.54, 1.807) is 35.5 Å². The Morgan fingerprint density at radius 3 is 2.80 bits per heavy atom. The average molecular weight is 330 g/mol. The Kier molecular flexibility index (Phi) is 4.99. The van der Waals surface area contributed by atoms with Crippen molar-refractivity contribution in [3.05, 3.63) is 49.9 Å². The van der Waals surface area contributed by atoms with Gasteiger partial charge in [0.25, 0.3) is 5.91 Å². The van der Waals surface area contributed by atoms with Crippen LogP contribution in [0.2, 0.25) is 10.0 Å². The maximum absolute atomic E-state index is 12.2. The fraction of sp³-hybridized carbons (Fsp3) is 0.231. The van der Waals surface area contributed by atoms with Crippen LogP contribution in [0.4, 0.5) is 0 Å². The number of benzene rings is 1. The van der Waals surface area contributed by atoms with Crippen LogP contribution in [-0.2, 0) is 13.1 Å². The van der Waals surface area contributed by atoms with E-state index in [0.29, 0.717) is 28.8 Å². The molecule has 0 spiro atoms. The van der Waals surface area contributed by atoms with E-state index in [0.717, 1.165) is 10.6 Å². The molecule has 20 heavy (non-hydrogen) atoms. The largest absolute Gasteiger partial charge is 0.336 e. The predicted molar refractivity (Wildman–Crippen MR) is 82.3 cm³/mol. The molecule has 0 atom stereocenters. The van der Waals surface area contributed by atoms with Crippen molar-refractivity contribution in [2.24, 2.45) is 5.73 Å². The molecule has 1 amide bonds. The van der Waals surface area contributed by atoms with Crippen molar-refractivity contribution in [3.63, 3.8) is 0 Å². The summed E-state index contributed by atoms with van der Waals surface area (Å²) in [6.07, 6.45) is 0. The second kappa shape index (κ2) is 6.54. The molecule has 0 aliphatic rings. The SMILES string of the molecule is CN(Cc1ccc(Cl)cc1Cl)C(=O)c1csc(CN)n1. The highest BCUT2D eigenvalue weighted by Crippen LogP contribution is 2.22. The molecule has 106 valence electrons. The monoisotopic (exact) mass is 329 g/mol. The van der Waals surface area contributed by atoms with Gasteiger partial charge in [-0.15, -0.1) is 11.3 Å². The summed E-state index contributed by atoms with van der Waals surface area (Å²) < 4.78 is 0. The van der Waals surface area contributed by atoms with Crippen LogP contribution >= 0.6 is 34.5 Å². The first-order valence-corrected chi connectivity index (χ1v) is 7.48. The van der Waals surface area contributed by atoms with Gasteiger partial charge in [0.2, 0.25) is 0 Å². The molecule has 2 aromatic rings. The lowest BCUT2D eigenvalue weighted by molar-refractivity contribution is 0.0780. The van der Waals surface area contributed by atoms with Crippen molar-refractivity contribution < 1.29 is 4.79 Å². The van der Waals surface area contributed by atoms with Crippen molar-refractivity contribution in [2.45, 2.75) is 13.1 Å². The summed E-state index contributed by atoms with van der Waals surface area (Å²) >= 11 is 13.3. The molecule has 0 bridgehead atoms. The highest BCUT2D eigenvalue weighted by molar-refractivity contribution is 7.09. The van der Waals surface area contributed by atoms with E-state index in [4.69, 9.17) is 28.9 Å². The van der Waals surface area contributed by atoms with Crippen molar-refractivity contribution in [1.29, 1.82) is 0 Å². The Morgan fingerprint density at radius 1 is 1.45 bits per heavy atom. The standard InChI is InChI=1S/C13H13Cl2N3OS/c1-18(6-8-2-3-9(14)4-10(8)15)13(19)11-7-20-12(5-16)17-11/h2-4,7H,5-6,16H2,1H3. The van der Waals surface area contributed by atoms with Crippen LogP contribution in [-0.4, -0.2) is 22.8 Å². The number of halogens is 2. The molecule has 0 aliphatic heterocycles. The number of nitrogens with two attached hydrogens (primary N) is 1. The summed E-state index contributed by atoms with van der Waals surface area (Å²) in [6, 6.07) is 5.21. The Labute approximate surface area is 131 Å². The average Bonchev–Trinajstić information content (AvgIpc) is 2.89. The van der Waals surface area contributed by atoms with E-state index in [1.165, 1.54) is 11.3 Å². The lowest BCUT2D eigenvalue weighted by atomic mass is 10.2. The fourth-order valence-corrected chi connectivity index (χ4v) is 2.79. The van der Waals surface area contributed by atoms with Gasteiger partial charge in [0, 0.05) is 35.6 Å². The van der Waals surface area contributed by atoms with Crippen LogP contribution in [0.15, 0.2) is 23.6 Å². The zero-order valence-electron chi connectivity index (χ0n) is 10.8. The molecule has 4 nitrogen and oxygen atoms in total. The molecule has 0 radical (unpaired) electrons. The minimum Gasteiger partial charge on any atom is -0.336 e. The Hall–Kier alpha value is -1.14. The van der Waals surface area contributed by atoms with Crippen molar-refractivity contribution >= 4 is 40.4 Å². The summed E-state index contributed by atoms with van der Waals surface area (Å²) in [6.45, 7) is 0.731. The Morgan fingerprint density at radius 2 is 2.20 bits per heavy atom. The van der Waals surface area contributed by atoms with Crippen LogP contribution in [0, 0.1) is 0 Å². The van der Waals surface area contributed by atoms with Crippen LogP contribution in [0.5, 0.6) is 0 Å². The van der Waals surface area contributed by atoms with Crippen LogP contribution < -0.4 is 5.73 Å². The van der Waals surface area contributed by atoms with Crippen LogP contribution in [0.25, 0.3) is 0 Å². The molecule has 1 aromatic heterocycles. The first-order valence-electron chi connectivity index (χ1n) is 5.85. The number of rotatable bonds is 4. The van der Waals surface area contributed by atoms with Crippen molar-refractivity contribution in [3.8, 4) is 0 Å². The molecule has 0 aliphatic carbocycles. The zero-order valence-corrected chi connectivity index (χ0v) is 13.1. The van der Waals surface area contributed by atoms with Gasteiger partial charge in [-0.3, -0.25) is 4.79 Å². The van der Waals surface area contributed by atoms with Crippen LogP contribution in [0.3, 0.4) is 0 Å². The topological polar surface area (TPSA) is 59.2 Å². The first kappa shape index (κ1) is 15.3. The molecule has 0 unspecified atom stereocenters. The van der Waals surface area contributed by atoms with Gasteiger partial charge < -0.3 is 10.6 Å². The molecule has 0 saturated carbocycles. The highest BCUT2D eigenvalue weighted by Gasteiger charge is 2.16. The molecule has 0 saturated heterocycles. The lowest BCUT2D eigenvalue weighted by Crippen LogP contribution is -2.26. The fourth-order valence-electron chi connectivity index (χ4n) is 1.68. The quantitative estimate of drug-likeness (QED) is 0.937. The number of carbonyl (C=O) groups excluding carboxylic acids is 1. The number of amides is 1. The summed E-state index contributed by atoms with van der Waals surface area (Å²) in [4.78, 5) is 18.0. The minimum absolute atomic E-state index is 0.160.